The number of carbonyl (C=O) groups is 2. The fourth-order valence-corrected chi connectivity index (χ4v) is 3.35. The molecular formula is C18H23F2N3O4. The zero-order valence-corrected chi connectivity index (χ0v) is 15.1. The number of ether oxygens (including phenoxy) is 2. The summed E-state index contributed by atoms with van der Waals surface area (Å²) in [6.07, 6.45) is -0.204. The summed E-state index contributed by atoms with van der Waals surface area (Å²) in [5.41, 5.74) is 0.0912. The van der Waals surface area contributed by atoms with Gasteiger partial charge in [0.05, 0.1) is 18.3 Å². The average Bonchev–Trinajstić information content (AvgIpc) is 2.67. The third kappa shape index (κ3) is 4.54. The van der Waals surface area contributed by atoms with Crippen LogP contribution in [0.25, 0.3) is 0 Å². The molecule has 3 rings (SSSR count). The number of alkyl halides is 2. The molecule has 1 N–H and O–H groups in total. The van der Waals surface area contributed by atoms with Crippen LogP contribution in [0.3, 0.4) is 0 Å². The second kappa shape index (κ2) is 8.62. The number of nitrogens with zero attached hydrogens (tertiary/aromatic N) is 2. The van der Waals surface area contributed by atoms with Gasteiger partial charge in [-0.1, -0.05) is 12.1 Å². The molecule has 2 amide bonds. The highest BCUT2D eigenvalue weighted by molar-refractivity contribution is 5.97. The normalized spacial score (nSPS) is 23.4. The van der Waals surface area contributed by atoms with E-state index in [0.717, 1.165) is 0 Å². The summed E-state index contributed by atoms with van der Waals surface area (Å²) in [5, 5.41) is 3.17. The zero-order chi connectivity index (χ0) is 19.4. The van der Waals surface area contributed by atoms with Gasteiger partial charge in [-0.2, -0.15) is 8.78 Å². The fraction of sp³-hybridized carbons (Fsp3) is 0.556. The lowest BCUT2D eigenvalue weighted by atomic mass is 10.1. The first-order valence-corrected chi connectivity index (χ1v) is 8.94. The molecule has 27 heavy (non-hydrogen) atoms. The van der Waals surface area contributed by atoms with Crippen molar-refractivity contribution in [2.45, 2.75) is 25.7 Å². The topological polar surface area (TPSA) is 71.1 Å². The van der Waals surface area contributed by atoms with Crippen molar-refractivity contribution in [2.75, 3.05) is 39.3 Å². The lowest BCUT2D eigenvalue weighted by Gasteiger charge is -2.38. The Morgan fingerprint density at radius 2 is 1.85 bits per heavy atom. The van der Waals surface area contributed by atoms with E-state index in [2.05, 4.69) is 10.1 Å². The van der Waals surface area contributed by atoms with E-state index in [9.17, 15) is 18.4 Å². The van der Waals surface area contributed by atoms with Crippen molar-refractivity contribution in [2.24, 2.45) is 0 Å². The fourth-order valence-electron chi connectivity index (χ4n) is 3.35. The second-order valence-corrected chi connectivity index (χ2v) is 6.50. The van der Waals surface area contributed by atoms with Crippen LogP contribution >= 0.6 is 0 Å². The van der Waals surface area contributed by atoms with Gasteiger partial charge in [0.15, 0.2) is 0 Å². The highest BCUT2D eigenvalue weighted by Gasteiger charge is 2.34. The summed E-state index contributed by atoms with van der Waals surface area (Å²) < 4.78 is 35.0. The van der Waals surface area contributed by atoms with Gasteiger partial charge in [0.1, 0.15) is 11.8 Å². The van der Waals surface area contributed by atoms with Crippen molar-refractivity contribution in [1.82, 2.24) is 15.1 Å². The summed E-state index contributed by atoms with van der Waals surface area (Å²) in [4.78, 5) is 28.6. The Hall–Kier alpha value is -2.26. The molecule has 1 aromatic rings. The third-order valence-corrected chi connectivity index (χ3v) is 4.79. The Balaban J connectivity index is 1.61. The Bertz CT molecular complexity index is 680. The molecule has 2 aliphatic heterocycles. The molecule has 7 nitrogen and oxygen atoms in total. The molecule has 0 aromatic heterocycles. The third-order valence-electron chi connectivity index (χ3n) is 4.79. The summed E-state index contributed by atoms with van der Waals surface area (Å²) in [5.74, 6) is -0.574. The summed E-state index contributed by atoms with van der Waals surface area (Å²) >= 11 is 0. The Kier molecular flexibility index (Phi) is 6.22. The lowest BCUT2D eigenvalue weighted by molar-refractivity contribution is -0.141. The van der Waals surface area contributed by atoms with Crippen molar-refractivity contribution >= 4 is 11.8 Å². The van der Waals surface area contributed by atoms with Gasteiger partial charge in [-0.15, -0.1) is 0 Å². The van der Waals surface area contributed by atoms with Gasteiger partial charge < -0.3 is 24.6 Å². The predicted octanol–water partition coefficient (Wildman–Crippen LogP) is 0.949. The smallest absolute Gasteiger partial charge is 0.387 e. The molecule has 0 unspecified atom stereocenters. The van der Waals surface area contributed by atoms with E-state index in [1.54, 1.807) is 15.9 Å². The molecule has 9 heteroatoms. The van der Waals surface area contributed by atoms with Gasteiger partial charge in [0, 0.05) is 32.7 Å². The minimum absolute atomic E-state index is 0.0456. The van der Waals surface area contributed by atoms with Gasteiger partial charge in [-0.25, -0.2) is 0 Å². The van der Waals surface area contributed by atoms with Crippen LogP contribution in [-0.2, 0) is 9.53 Å². The van der Waals surface area contributed by atoms with E-state index in [1.807, 2.05) is 6.92 Å². The molecular weight excluding hydrogens is 360 g/mol. The number of hydrogen-bond donors (Lipinski definition) is 1. The van der Waals surface area contributed by atoms with Crippen molar-refractivity contribution in [3.8, 4) is 5.75 Å². The molecule has 2 aliphatic rings. The van der Waals surface area contributed by atoms with Crippen LogP contribution in [0.1, 0.15) is 17.3 Å². The second-order valence-electron chi connectivity index (χ2n) is 6.50. The van der Waals surface area contributed by atoms with Crippen molar-refractivity contribution in [1.29, 1.82) is 0 Å². The summed E-state index contributed by atoms with van der Waals surface area (Å²) in [7, 11) is 0. The molecule has 0 aliphatic carbocycles. The molecule has 0 spiro atoms. The first-order chi connectivity index (χ1) is 13.0. The first kappa shape index (κ1) is 19.5. The van der Waals surface area contributed by atoms with E-state index in [0.29, 0.717) is 39.3 Å². The predicted molar refractivity (Wildman–Crippen MR) is 92.8 cm³/mol. The van der Waals surface area contributed by atoms with E-state index in [4.69, 9.17) is 4.74 Å². The molecule has 2 saturated heterocycles. The van der Waals surface area contributed by atoms with Crippen molar-refractivity contribution in [3.05, 3.63) is 29.8 Å². The summed E-state index contributed by atoms with van der Waals surface area (Å²) in [6.45, 7) is 1.48. The Labute approximate surface area is 156 Å². The van der Waals surface area contributed by atoms with Crippen LogP contribution in [0.5, 0.6) is 5.75 Å². The van der Waals surface area contributed by atoms with Crippen LogP contribution < -0.4 is 10.1 Å². The van der Waals surface area contributed by atoms with E-state index >= 15 is 0 Å². The highest BCUT2D eigenvalue weighted by atomic mass is 19.3. The molecule has 148 valence electrons. The first-order valence-electron chi connectivity index (χ1n) is 8.94. The quantitative estimate of drug-likeness (QED) is 0.838. The van der Waals surface area contributed by atoms with Crippen LogP contribution in [0.15, 0.2) is 24.3 Å². The number of amides is 2. The number of rotatable bonds is 4. The highest BCUT2D eigenvalue weighted by Crippen LogP contribution is 2.22. The minimum Gasteiger partial charge on any atom is -0.434 e. The number of morpholine rings is 1. The molecule has 1 aromatic carbocycles. The number of nitrogens with one attached hydrogen (secondary N) is 1. The molecule has 0 saturated carbocycles. The zero-order valence-electron chi connectivity index (χ0n) is 15.1. The van der Waals surface area contributed by atoms with Crippen LogP contribution in [-0.4, -0.2) is 79.7 Å². The maximum atomic E-state index is 12.7. The Morgan fingerprint density at radius 1 is 1.19 bits per heavy atom. The number of carbonyl (C=O) groups excluding carboxylic acids is 2. The molecule has 2 atom stereocenters. The van der Waals surface area contributed by atoms with Gasteiger partial charge in [0.25, 0.3) is 5.91 Å². The van der Waals surface area contributed by atoms with Gasteiger partial charge >= 0.3 is 6.61 Å². The summed E-state index contributed by atoms with van der Waals surface area (Å²) in [6, 6.07) is 5.55. The van der Waals surface area contributed by atoms with E-state index in [-0.39, 0.29) is 35.3 Å². The van der Waals surface area contributed by atoms with Crippen molar-refractivity contribution < 1.29 is 27.8 Å². The number of benzene rings is 1. The van der Waals surface area contributed by atoms with E-state index < -0.39 is 6.61 Å². The van der Waals surface area contributed by atoms with E-state index in [1.165, 1.54) is 18.2 Å². The monoisotopic (exact) mass is 383 g/mol. The lowest BCUT2D eigenvalue weighted by Crippen LogP contribution is -2.60. The van der Waals surface area contributed by atoms with Crippen LogP contribution in [0.4, 0.5) is 8.78 Å². The molecule has 2 heterocycles. The molecule has 0 bridgehead atoms. The number of halogens is 2. The average molecular weight is 383 g/mol. The maximum absolute atomic E-state index is 12.7. The van der Waals surface area contributed by atoms with Crippen LogP contribution in [0.2, 0.25) is 0 Å². The van der Waals surface area contributed by atoms with Gasteiger partial charge in [-0.3, -0.25) is 9.59 Å². The number of para-hydroxylation sites is 1. The largest absolute Gasteiger partial charge is 0.434 e. The minimum atomic E-state index is -3.00. The van der Waals surface area contributed by atoms with Crippen molar-refractivity contribution in [3.63, 3.8) is 0 Å². The van der Waals surface area contributed by atoms with Crippen LogP contribution in [0, 0.1) is 0 Å². The Morgan fingerprint density at radius 3 is 2.52 bits per heavy atom. The standard InChI is InChI=1S/C18H23F2N3O4/c1-12-15(21-6-11-26-12)17(25)23-9-7-22(8-10-23)16(24)13-4-2-3-5-14(13)27-18(19)20/h2-5,12,15,18,21H,6-11H2,1H3/t12-,15+/m1/s1. The SMILES string of the molecule is C[C@H]1OCCN[C@@H]1C(=O)N1CCN(C(=O)c2ccccc2OC(F)F)CC1. The number of hydrogen-bond acceptors (Lipinski definition) is 5. The molecule has 0 radical (unpaired) electrons. The molecule has 2 fully saturated rings. The maximum Gasteiger partial charge on any atom is 0.387 e. The van der Waals surface area contributed by atoms with Gasteiger partial charge in [-0.05, 0) is 19.1 Å². The number of piperazine rings is 1. The van der Waals surface area contributed by atoms with Gasteiger partial charge in [0.2, 0.25) is 5.91 Å².